The Balaban J connectivity index is 1.40. The number of nitro benzene ring substituents is 1. The van der Waals surface area contributed by atoms with Crippen LogP contribution >= 0.6 is 0 Å². The summed E-state index contributed by atoms with van der Waals surface area (Å²) in [6, 6.07) is 8.15. The number of nitrogens with zero attached hydrogens (tertiary/aromatic N) is 5. The number of nitro groups is 1. The number of alkyl halides is 3. The van der Waals surface area contributed by atoms with Crippen molar-refractivity contribution in [2.75, 3.05) is 31.1 Å². The van der Waals surface area contributed by atoms with Crippen LogP contribution in [0.15, 0.2) is 47.0 Å². The maximum absolute atomic E-state index is 13.4. The van der Waals surface area contributed by atoms with Gasteiger partial charge in [-0.05, 0) is 24.3 Å². The van der Waals surface area contributed by atoms with E-state index < -0.39 is 22.5 Å². The third kappa shape index (κ3) is 4.69. The fourth-order valence-electron chi connectivity index (χ4n) is 3.52. The van der Waals surface area contributed by atoms with E-state index in [1.54, 1.807) is 4.90 Å². The van der Waals surface area contributed by atoms with Crippen molar-refractivity contribution >= 4 is 11.4 Å². The molecule has 168 valence electrons. The van der Waals surface area contributed by atoms with Crippen LogP contribution in [0.3, 0.4) is 0 Å². The average Bonchev–Trinajstić information content (AvgIpc) is 3.22. The lowest BCUT2D eigenvalue weighted by atomic mass is 10.1. The van der Waals surface area contributed by atoms with Crippen molar-refractivity contribution in [1.82, 2.24) is 15.0 Å². The zero-order valence-corrected chi connectivity index (χ0v) is 16.5. The van der Waals surface area contributed by atoms with Gasteiger partial charge in [0.1, 0.15) is 11.5 Å². The lowest BCUT2D eigenvalue weighted by Crippen LogP contribution is -2.46. The molecule has 1 aromatic heterocycles. The van der Waals surface area contributed by atoms with Gasteiger partial charge in [-0.15, -0.1) is 0 Å². The third-order valence-corrected chi connectivity index (χ3v) is 5.12. The summed E-state index contributed by atoms with van der Waals surface area (Å²) >= 11 is 0. The van der Waals surface area contributed by atoms with E-state index in [2.05, 4.69) is 10.1 Å². The van der Waals surface area contributed by atoms with Gasteiger partial charge in [0, 0.05) is 31.7 Å². The zero-order valence-electron chi connectivity index (χ0n) is 16.5. The van der Waals surface area contributed by atoms with Crippen molar-refractivity contribution in [3.8, 4) is 11.4 Å². The molecule has 3 aromatic rings. The van der Waals surface area contributed by atoms with Crippen LogP contribution in [-0.2, 0) is 12.7 Å². The lowest BCUT2D eigenvalue weighted by molar-refractivity contribution is -0.384. The van der Waals surface area contributed by atoms with Crippen LogP contribution in [0.1, 0.15) is 11.5 Å². The van der Waals surface area contributed by atoms with Crippen LogP contribution in [0, 0.1) is 15.9 Å². The predicted molar refractivity (Wildman–Crippen MR) is 105 cm³/mol. The van der Waals surface area contributed by atoms with Crippen LogP contribution in [0.4, 0.5) is 28.9 Å². The van der Waals surface area contributed by atoms with Gasteiger partial charge in [-0.25, -0.2) is 4.39 Å². The number of hydrogen-bond acceptors (Lipinski definition) is 7. The van der Waals surface area contributed by atoms with Crippen LogP contribution in [-0.4, -0.2) is 46.1 Å². The van der Waals surface area contributed by atoms with E-state index >= 15 is 0 Å². The Kier molecular flexibility index (Phi) is 5.78. The molecular weight excluding hydrogens is 434 g/mol. The number of halogens is 4. The molecule has 0 aliphatic carbocycles. The minimum Gasteiger partial charge on any atom is -0.363 e. The van der Waals surface area contributed by atoms with E-state index in [1.165, 1.54) is 24.3 Å². The van der Waals surface area contributed by atoms with Crippen molar-refractivity contribution in [1.29, 1.82) is 0 Å². The third-order valence-electron chi connectivity index (χ3n) is 5.12. The van der Waals surface area contributed by atoms with Crippen LogP contribution in [0.2, 0.25) is 0 Å². The lowest BCUT2D eigenvalue weighted by Gasteiger charge is -2.35. The molecule has 0 radical (unpaired) electrons. The van der Waals surface area contributed by atoms with Crippen LogP contribution in [0.5, 0.6) is 0 Å². The van der Waals surface area contributed by atoms with Gasteiger partial charge in [-0.3, -0.25) is 15.0 Å². The molecule has 1 saturated heterocycles. The van der Waals surface area contributed by atoms with E-state index in [1.807, 2.05) is 4.90 Å². The second-order valence-corrected chi connectivity index (χ2v) is 7.24. The molecule has 0 saturated carbocycles. The smallest absolute Gasteiger partial charge is 0.363 e. The van der Waals surface area contributed by atoms with Crippen molar-refractivity contribution in [3.63, 3.8) is 0 Å². The van der Waals surface area contributed by atoms with Crippen LogP contribution in [0.25, 0.3) is 11.4 Å². The molecule has 0 atom stereocenters. The van der Waals surface area contributed by atoms with Crippen LogP contribution < -0.4 is 4.90 Å². The Labute approximate surface area is 179 Å². The molecule has 0 amide bonds. The first-order valence-electron chi connectivity index (χ1n) is 9.62. The highest BCUT2D eigenvalue weighted by Gasteiger charge is 2.31. The molecule has 8 nitrogen and oxygen atoms in total. The largest absolute Gasteiger partial charge is 0.416 e. The first kappa shape index (κ1) is 21.7. The van der Waals surface area contributed by atoms with E-state index in [4.69, 9.17) is 4.52 Å². The summed E-state index contributed by atoms with van der Waals surface area (Å²) in [5.74, 6) is -0.364. The monoisotopic (exact) mass is 451 g/mol. The van der Waals surface area contributed by atoms with Gasteiger partial charge in [0.2, 0.25) is 11.7 Å². The Morgan fingerprint density at radius 1 is 1.09 bits per heavy atom. The number of aromatic nitrogens is 2. The normalized spacial score (nSPS) is 15.2. The van der Waals surface area contributed by atoms with Gasteiger partial charge in [0.15, 0.2) is 0 Å². The summed E-state index contributed by atoms with van der Waals surface area (Å²) < 4.78 is 57.3. The number of hydrogen-bond donors (Lipinski definition) is 0. The van der Waals surface area contributed by atoms with Gasteiger partial charge in [-0.1, -0.05) is 17.3 Å². The number of benzene rings is 2. The molecule has 0 N–H and O–H groups in total. The molecule has 12 heteroatoms. The van der Waals surface area contributed by atoms with Gasteiger partial charge in [0.05, 0.1) is 23.1 Å². The molecule has 0 unspecified atom stereocenters. The summed E-state index contributed by atoms with van der Waals surface area (Å²) in [6.45, 7) is 2.25. The summed E-state index contributed by atoms with van der Waals surface area (Å²) in [6.07, 6.45) is -4.47. The van der Waals surface area contributed by atoms with Crippen molar-refractivity contribution < 1.29 is 27.0 Å². The molecular formula is C20H17F4N5O3. The second kappa shape index (κ2) is 8.54. The highest BCUT2D eigenvalue weighted by Crippen LogP contribution is 2.32. The topological polar surface area (TPSA) is 88.5 Å². The quantitative estimate of drug-likeness (QED) is 0.328. The first-order valence-corrected chi connectivity index (χ1v) is 9.62. The summed E-state index contributed by atoms with van der Waals surface area (Å²) in [4.78, 5) is 18.6. The van der Waals surface area contributed by atoms with Gasteiger partial charge in [-0.2, -0.15) is 18.2 Å². The Bertz CT molecular complexity index is 1130. The molecule has 0 bridgehead atoms. The molecule has 32 heavy (non-hydrogen) atoms. The average molecular weight is 451 g/mol. The van der Waals surface area contributed by atoms with Gasteiger partial charge < -0.3 is 9.42 Å². The van der Waals surface area contributed by atoms with E-state index in [0.29, 0.717) is 31.9 Å². The van der Waals surface area contributed by atoms with Gasteiger partial charge in [0.25, 0.3) is 5.69 Å². The first-order chi connectivity index (χ1) is 15.2. The highest BCUT2D eigenvalue weighted by molar-refractivity contribution is 5.63. The molecule has 1 aliphatic heterocycles. The molecule has 0 spiro atoms. The minimum atomic E-state index is -4.47. The van der Waals surface area contributed by atoms with Crippen molar-refractivity contribution in [2.45, 2.75) is 12.7 Å². The highest BCUT2D eigenvalue weighted by atomic mass is 19.4. The van der Waals surface area contributed by atoms with E-state index in [9.17, 15) is 27.7 Å². The maximum atomic E-state index is 13.4. The fraction of sp³-hybridized carbons (Fsp3) is 0.300. The number of piperazine rings is 1. The zero-order chi connectivity index (χ0) is 22.9. The summed E-state index contributed by atoms with van der Waals surface area (Å²) in [5, 5.41) is 15.0. The Morgan fingerprint density at radius 2 is 1.84 bits per heavy atom. The second-order valence-electron chi connectivity index (χ2n) is 7.24. The van der Waals surface area contributed by atoms with Crippen molar-refractivity contribution in [2.24, 2.45) is 0 Å². The van der Waals surface area contributed by atoms with Gasteiger partial charge >= 0.3 is 6.18 Å². The van der Waals surface area contributed by atoms with E-state index in [-0.39, 0.29) is 29.5 Å². The number of anilines is 1. The summed E-state index contributed by atoms with van der Waals surface area (Å²) in [5.41, 5.74) is -0.544. The standard InChI is InChI=1S/C20H17F4N5O3/c21-15-4-5-16(17(11-15)29(30)31)28-8-6-27(7-9-28)12-18-25-19(26-32-18)13-2-1-3-14(10-13)20(22,23)24/h1-5,10-11H,6-9,12H2. The van der Waals surface area contributed by atoms with Crippen molar-refractivity contribution in [3.05, 3.63) is 69.9 Å². The molecule has 2 heterocycles. The number of rotatable bonds is 5. The maximum Gasteiger partial charge on any atom is 0.416 e. The molecule has 1 aliphatic rings. The van der Waals surface area contributed by atoms with E-state index in [0.717, 1.165) is 18.2 Å². The Hall–Kier alpha value is -3.54. The summed E-state index contributed by atoms with van der Waals surface area (Å²) in [7, 11) is 0. The molecule has 2 aromatic carbocycles. The predicted octanol–water partition coefficient (Wildman–Crippen LogP) is 4.12. The molecule has 4 rings (SSSR count). The fourth-order valence-corrected chi connectivity index (χ4v) is 3.52. The molecule has 1 fully saturated rings. The SMILES string of the molecule is O=[N+]([O-])c1cc(F)ccc1N1CCN(Cc2nc(-c3cccc(C(F)(F)F)c3)no2)CC1. The Morgan fingerprint density at radius 3 is 2.53 bits per heavy atom. The minimum absolute atomic E-state index is 0.0617.